The van der Waals surface area contributed by atoms with Gasteiger partial charge in [-0.2, -0.15) is 5.26 Å². The lowest BCUT2D eigenvalue weighted by Crippen LogP contribution is -2.45. The van der Waals surface area contributed by atoms with Crippen LogP contribution in [-0.4, -0.2) is 25.2 Å². The minimum atomic E-state index is -0.655. The molecular formula is C23H28N2O3. The molecule has 0 saturated carbocycles. The number of ether oxygens (including phenoxy) is 2. The van der Waals surface area contributed by atoms with Crippen LogP contribution < -0.4 is 14.8 Å². The summed E-state index contributed by atoms with van der Waals surface area (Å²) in [5, 5.41) is 12.3. The van der Waals surface area contributed by atoms with Gasteiger partial charge in [0.15, 0.2) is 6.10 Å². The number of carbonyl (C=O) groups is 1. The Kier molecular flexibility index (Phi) is 7.88. The molecule has 1 N–H and O–H groups in total. The molecule has 0 bridgehead atoms. The van der Waals surface area contributed by atoms with Crippen molar-refractivity contribution in [2.75, 3.05) is 7.11 Å². The molecule has 2 atom stereocenters. The number of nitriles is 1. The Labute approximate surface area is 167 Å². The average Bonchev–Trinajstić information content (AvgIpc) is 2.70. The Morgan fingerprint density at radius 3 is 2.39 bits per heavy atom. The summed E-state index contributed by atoms with van der Waals surface area (Å²) in [5.74, 6) is 1.08. The highest BCUT2D eigenvalue weighted by Gasteiger charge is 2.26. The molecule has 1 amide bonds. The van der Waals surface area contributed by atoms with Crippen molar-refractivity contribution >= 4 is 5.91 Å². The van der Waals surface area contributed by atoms with Crippen molar-refractivity contribution in [3.63, 3.8) is 0 Å². The van der Waals surface area contributed by atoms with Crippen LogP contribution in [-0.2, 0) is 11.2 Å². The summed E-state index contributed by atoms with van der Waals surface area (Å²) in [4.78, 5) is 12.8. The third-order valence-electron chi connectivity index (χ3n) is 4.54. The van der Waals surface area contributed by atoms with Crippen molar-refractivity contribution in [1.29, 1.82) is 5.26 Å². The molecule has 0 aliphatic carbocycles. The summed E-state index contributed by atoms with van der Waals surface area (Å²) in [5.41, 5.74) is 1.62. The minimum Gasteiger partial charge on any atom is -0.497 e. The third-order valence-corrected chi connectivity index (χ3v) is 4.54. The molecule has 5 heteroatoms. The maximum Gasteiger partial charge on any atom is 0.261 e. The zero-order valence-electron chi connectivity index (χ0n) is 16.9. The van der Waals surface area contributed by atoms with Crippen LogP contribution >= 0.6 is 0 Å². The largest absolute Gasteiger partial charge is 0.497 e. The van der Waals surface area contributed by atoms with E-state index in [1.165, 1.54) is 5.56 Å². The summed E-state index contributed by atoms with van der Waals surface area (Å²) < 4.78 is 11.1. The predicted molar refractivity (Wildman–Crippen MR) is 109 cm³/mol. The van der Waals surface area contributed by atoms with Gasteiger partial charge in [-0.25, -0.2) is 0 Å². The van der Waals surface area contributed by atoms with Gasteiger partial charge in [0, 0.05) is 6.04 Å². The molecule has 0 spiro atoms. The first-order chi connectivity index (χ1) is 13.4. The van der Waals surface area contributed by atoms with E-state index in [0.717, 1.165) is 18.6 Å². The molecule has 0 heterocycles. The molecule has 0 aliphatic rings. The van der Waals surface area contributed by atoms with Gasteiger partial charge < -0.3 is 14.8 Å². The molecule has 0 saturated heterocycles. The molecule has 5 nitrogen and oxygen atoms in total. The Morgan fingerprint density at radius 2 is 1.79 bits per heavy atom. The van der Waals surface area contributed by atoms with Gasteiger partial charge in [0.1, 0.15) is 17.6 Å². The first-order valence-corrected chi connectivity index (χ1v) is 9.53. The number of nitrogens with one attached hydrogen (secondary N) is 1. The van der Waals surface area contributed by atoms with E-state index in [0.29, 0.717) is 11.3 Å². The van der Waals surface area contributed by atoms with Gasteiger partial charge in [-0.1, -0.05) is 38.1 Å². The molecule has 148 valence electrons. The van der Waals surface area contributed by atoms with Gasteiger partial charge in [0.05, 0.1) is 12.7 Å². The number of aryl methyl sites for hydroxylation is 1. The van der Waals surface area contributed by atoms with Gasteiger partial charge in [-0.3, -0.25) is 4.79 Å². The van der Waals surface area contributed by atoms with E-state index in [9.17, 15) is 10.1 Å². The van der Waals surface area contributed by atoms with Crippen LogP contribution in [0, 0.1) is 17.2 Å². The van der Waals surface area contributed by atoms with Gasteiger partial charge in [-0.05, 0) is 55.5 Å². The van der Waals surface area contributed by atoms with Crippen LogP contribution in [0.3, 0.4) is 0 Å². The van der Waals surface area contributed by atoms with Crippen LogP contribution in [0.5, 0.6) is 11.5 Å². The van der Waals surface area contributed by atoms with Crippen molar-refractivity contribution in [2.24, 2.45) is 5.92 Å². The van der Waals surface area contributed by atoms with Crippen molar-refractivity contribution < 1.29 is 14.3 Å². The maximum absolute atomic E-state index is 12.8. The third kappa shape index (κ3) is 6.02. The fourth-order valence-corrected chi connectivity index (χ4v) is 2.86. The average molecular weight is 380 g/mol. The van der Waals surface area contributed by atoms with E-state index in [1.807, 2.05) is 45.0 Å². The van der Waals surface area contributed by atoms with Gasteiger partial charge in [-0.15, -0.1) is 0 Å². The van der Waals surface area contributed by atoms with Crippen LogP contribution in [0.25, 0.3) is 0 Å². The summed E-state index contributed by atoms with van der Waals surface area (Å²) >= 11 is 0. The lowest BCUT2D eigenvalue weighted by atomic mass is 10.0. The maximum atomic E-state index is 12.8. The predicted octanol–water partition coefficient (Wildman–Crippen LogP) is 4.11. The zero-order chi connectivity index (χ0) is 20.5. The molecule has 2 unspecified atom stereocenters. The molecule has 0 aliphatic heterocycles. The second-order valence-corrected chi connectivity index (χ2v) is 7.19. The molecular weight excluding hydrogens is 352 g/mol. The molecule has 0 fully saturated rings. The Bertz CT molecular complexity index is 809. The smallest absolute Gasteiger partial charge is 0.261 e. The Hall–Kier alpha value is -3.00. The topological polar surface area (TPSA) is 71.3 Å². The van der Waals surface area contributed by atoms with Crippen molar-refractivity contribution in [3.05, 3.63) is 59.7 Å². The van der Waals surface area contributed by atoms with E-state index >= 15 is 0 Å². The lowest BCUT2D eigenvalue weighted by Gasteiger charge is -2.24. The summed E-state index contributed by atoms with van der Waals surface area (Å²) in [6.45, 7) is 5.85. The van der Waals surface area contributed by atoms with E-state index in [1.54, 1.807) is 31.4 Å². The standard InChI is InChI=1S/C23H28N2O3/c1-16(2)22(28-21-8-6-5-7-19(21)15-24)23(26)25-17(3)9-10-18-11-13-20(27-4)14-12-18/h5-8,11-14,16-17,22H,9-10H2,1-4H3,(H,25,26). The highest BCUT2D eigenvalue weighted by Crippen LogP contribution is 2.21. The number of hydrogen-bond acceptors (Lipinski definition) is 4. The molecule has 0 radical (unpaired) electrons. The fourth-order valence-electron chi connectivity index (χ4n) is 2.86. The second-order valence-electron chi connectivity index (χ2n) is 7.19. The van der Waals surface area contributed by atoms with Crippen molar-refractivity contribution in [2.45, 2.75) is 45.8 Å². The number of nitrogens with zero attached hydrogens (tertiary/aromatic N) is 1. The van der Waals surface area contributed by atoms with E-state index in [-0.39, 0.29) is 17.9 Å². The molecule has 2 rings (SSSR count). The van der Waals surface area contributed by atoms with E-state index < -0.39 is 6.10 Å². The highest BCUT2D eigenvalue weighted by molar-refractivity contribution is 5.81. The molecule has 28 heavy (non-hydrogen) atoms. The van der Waals surface area contributed by atoms with Gasteiger partial charge in [0.25, 0.3) is 5.91 Å². The SMILES string of the molecule is COc1ccc(CCC(C)NC(=O)C(Oc2ccccc2C#N)C(C)C)cc1. The van der Waals surface area contributed by atoms with E-state index in [2.05, 4.69) is 11.4 Å². The lowest BCUT2D eigenvalue weighted by molar-refractivity contribution is -0.130. The molecule has 2 aromatic carbocycles. The zero-order valence-corrected chi connectivity index (χ0v) is 16.9. The quantitative estimate of drug-likeness (QED) is 0.711. The normalized spacial score (nSPS) is 12.7. The fraction of sp³-hybridized carbons (Fsp3) is 0.391. The summed E-state index contributed by atoms with van der Waals surface area (Å²) in [6.07, 6.45) is 1.02. The Balaban J connectivity index is 1.94. The number of amides is 1. The van der Waals surface area contributed by atoms with Crippen molar-refractivity contribution in [3.8, 4) is 17.6 Å². The molecule has 0 aromatic heterocycles. The van der Waals surface area contributed by atoms with Crippen LogP contribution in [0.4, 0.5) is 0 Å². The Morgan fingerprint density at radius 1 is 1.11 bits per heavy atom. The first-order valence-electron chi connectivity index (χ1n) is 9.53. The monoisotopic (exact) mass is 380 g/mol. The summed E-state index contributed by atoms with van der Waals surface area (Å²) in [7, 11) is 1.65. The van der Waals surface area contributed by atoms with Gasteiger partial charge in [0.2, 0.25) is 0 Å². The van der Waals surface area contributed by atoms with Gasteiger partial charge >= 0.3 is 0 Å². The molecule has 2 aromatic rings. The van der Waals surface area contributed by atoms with Crippen molar-refractivity contribution in [1.82, 2.24) is 5.32 Å². The number of methoxy groups -OCH3 is 1. The van der Waals surface area contributed by atoms with Crippen LogP contribution in [0.15, 0.2) is 48.5 Å². The van der Waals surface area contributed by atoms with E-state index in [4.69, 9.17) is 9.47 Å². The minimum absolute atomic E-state index is 0.00524. The highest BCUT2D eigenvalue weighted by atomic mass is 16.5. The number of hydrogen-bond donors (Lipinski definition) is 1. The summed E-state index contributed by atoms with van der Waals surface area (Å²) in [6, 6.07) is 17.0. The van der Waals surface area contributed by atoms with Crippen LogP contribution in [0.1, 0.15) is 38.3 Å². The first kappa shape index (κ1) is 21.3. The van der Waals surface area contributed by atoms with Crippen LogP contribution in [0.2, 0.25) is 0 Å². The number of carbonyl (C=O) groups excluding carboxylic acids is 1. The number of rotatable bonds is 9. The second kappa shape index (κ2) is 10.4. The number of benzene rings is 2. The number of para-hydroxylation sites is 1.